The highest BCUT2D eigenvalue weighted by Gasteiger charge is 2.04. The summed E-state index contributed by atoms with van der Waals surface area (Å²) in [6.45, 7) is 6.90. The zero-order valence-electron chi connectivity index (χ0n) is 11.9. The number of rotatable bonds is 5. The number of halogens is 1. The van der Waals surface area contributed by atoms with Crippen molar-refractivity contribution in [2.45, 2.75) is 33.4 Å². The quantitative estimate of drug-likeness (QED) is 0.901. The van der Waals surface area contributed by atoms with Gasteiger partial charge in [-0.2, -0.15) is 5.10 Å². The first-order valence-corrected chi connectivity index (χ1v) is 7.34. The van der Waals surface area contributed by atoms with Gasteiger partial charge in [-0.1, -0.05) is 29.8 Å². The predicted octanol–water partition coefficient (Wildman–Crippen LogP) is 3.84. The molecular formula is C15H18BrN3O. The van der Waals surface area contributed by atoms with Crippen LogP contribution in [0, 0.1) is 6.92 Å². The van der Waals surface area contributed by atoms with Crippen molar-refractivity contribution in [3.05, 3.63) is 46.1 Å². The minimum atomic E-state index is 0.429. The van der Waals surface area contributed by atoms with Crippen molar-refractivity contribution in [3.8, 4) is 11.6 Å². The van der Waals surface area contributed by atoms with E-state index in [-0.39, 0.29) is 0 Å². The summed E-state index contributed by atoms with van der Waals surface area (Å²) in [5.74, 6) is 1.29. The van der Waals surface area contributed by atoms with Crippen LogP contribution in [0.3, 0.4) is 0 Å². The first-order valence-electron chi connectivity index (χ1n) is 6.54. The van der Waals surface area contributed by atoms with E-state index >= 15 is 0 Å². The Morgan fingerprint density at radius 2 is 2.00 bits per heavy atom. The second kappa shape index (κ2) is 6.81. The Kier molecular flexibility index (Phi) is 5.09. The standard InChI is InChI=1S/C15H18BrN3O/c1-10(2)17-9-13-5-7-15(19-18-13)20-14-6-4-12(16)8-11(14)3/h4-8,10,17H,9H2,1-3H3. The van der Waals surface area contributed by atoms with Crippen LogP contribution in [0.4, 0.5) is 0 Å². The van der Waals surface area contributed by atoms with Crippen LogP contribution < -0.4 is 10.1 Å². The molecule has 0 unspecified atom stereocenters. The zero-order chi connectivity index (χ0) is 14.5. The molecule has 106 valence electrons. The summed E-state index contributed by atoms with van der Waals surface area (Å²) < 4.78 is 6.76. The number of hydrogen-bond donors (Lipinski definition) is 1. The minimum Gasteiger partial charge on any atom is -0.437 e. The van der Waals surface area contributed by atoms with Gasteiger partial charge in [-0.15, -0.1) is 5.10 Å². The lowest BCUT2D eigenvalue weighted by Gasteiger charge is -2.09. The maximum atomic E-state index is 5.73. The van der Waals surface area contributed by atoms with Crippen molar-refractivity contribution in [3.63, 3.8) is 0 Å². The molecule has 2 aromatic rings. The Bertz CT molecular complexity index is 570. The molecule has 1 heterocycles. The van der Waals surface area contributed by atoms with Crippen LogP contribution in [0.25, 0.3) is 0 Å². The van der Waals surface area contributed by atoms with E-state index in [1.54, 1.807) is 0 Å². The van der Waals surface area contributed by atoms with E-state index < -0.39 is 0 Å². The van der Waals surface area contributed by atoms with E-state index in [9.17, 15) is 0 Å². The van der Waals surface area contributed by atoms with Gasteiger partial charge in [0.25, 0.3) is 0 Å². The van der Waals surface area contributed by atoms with E-state index in [2.05, 4.69) is 45.3 Å². The van der Waals surface area contributed by atoms with Crippen LogP contribution in [-0.4, -0.2) is 16.2 Å². The number of nitrogens with zero attached hydrogens (tertiary/aromatic N) is 2. The number of nitrogens with one attached hydrogen (secondary N) is 1. The number of ether oxygens (including phenoxy) is 1. The van der Waals surface area contributed by atoms with E-state index in [1.807, 2.05) is 37.3 Å². The molecule has 20 heavy (non-hydrogen) atoms. The summed E-state index contributed by atoms with van der Waals surface area (Å²) in [7, 11) is 0. The van der Waals surface area contributed by atoms with Gasteiger partial charge in [0.2, 0.25) is 5.88 Å². The average molecular weight is 336 g/mol. The topological polar surface area (TPSA) is 47.0 Å². The van der Waals surface area contributed by atoms with Crippen LogP contribution in [0.2, 0.25) is 0 Å². The summed E-state index contributed by atoms with van der Waals surface area (Å²) in [6, 6.07) is 10.0. The summed E-state index contributed by atoms with van der Waals surface area (Å²) in [4.78, 5) is 0. The third kappa shape index (κ3) is 4.28. The number of hydrogen-bond acceptors (Lipinski definition) is 4. The van der Waals surface area contributed by atoms with Gasteiger partial charge in [-0.25, -0.2) is 0 Å². The molecule has 0 saturated carbocycles. The molecule has 0 atom stereocenters. The second-order valence-corrected chi connectivity index (χ2v) is 5.83. The fraction of sp³-hybridized carbons (Fsp3) is 0.333. The van der Waals surface area contributed by atoms with Gasteiger partial charge in [-0.3, -0.25) is 0 Å². The van der Waals surface area contributed by atoms with Gasteiger partial charge < -0.3 is 10.1 Å². The molecule has 1 N–H and O–H groups in total. The lowest BCUT2D eigenvalue weighted by Crippen LogP contribution is -2.22. The Labute approximate surface area is 127 Å². The van der Waals surface area contributed by atoms with Gasteiger partial charge in [0, 0.05) is 23.1 Å². The minimum absolute atomic E-state index is 0.429. The third-order valence-corrected chi connectivity index (χ3v) is 3.23. The Hall–Kier alpha value is -1.46. The number of benzene rings is 1. The Morgan fingerprint density at radius 3 is 2.60 bits per heavy atom. The molecule has 0 bridgehead atoms. The first kappa shape index (κ1) is 14.9. The van der Waals surface area contributed by atoms with Crippen LogP contribution >= 0.6 is 15.9 Å². The highest BCUT2D eigenvalue weighted by molar-refractivity contribution is 9.10. The fourth-order valence-corrected chi connectivity index (χ4v) is 2.12. The zero-order valence-corrected chi connectivity index (χ0v) is 13.4. The summed E-state index contributed by atoms with van der Waals surface area (Å²) in [6.07, 6.45) is 0. The highest BCUT2D eigenvalue weighted by Crippen LogP contribution is 2.25. The van der Waals surface area contributed by atoms with Gasteiger partial charge >= 0.3 is 0 Å². The molecule has 0 aliphatic heterocycles. The predicted molar refractivity (Wildman–Crippen MR) is 83.0 cm³/mol. The average Bonchev–Trinajstić information content (AvgIpc) is 2.41. The highest BCUT2D eigenvalue weighted by atomic mass is 79.9. The maximum Gasteiger partial charge on any atom is 0.238 e. The molecule has 1 aromatic carbocycles. The Balaban J connectivity index is 2.03. The first-order chi connectivity index (χ1) is 9.54. The monoisotopic (exact) mass is 335 g/mol. The van der Waals surface area contributed by atoms with Crippen LogP contribution in [0.5, 0.6) is 11.6 Å². The third-order valence-electron chi connectivity index (χ3n) is 2.74. The summed E-state index contributed by atoms with van der Waals surface area (Å²) in [5.41, 5.74) is 1.95. The molecule has 0 aliphatic carbocycles. The summed E-state index contributed by atoms with van der Waals surface area (Å²) >= 11 is 3.43. The molecule has 0 fully saturated rings. The molecule has 1 aromatic heterocycles. The van der Waals surface area contributed by atoms with E-state index in [0.717, 1.165) is 21.5 Å². The molecule has 2 rings (SSSR count). The normalized spacial score (nSPS) is 10.8. The maximum absolute atomic E-state index is 5.73. The second-order valence-electron chi connectivity index (χ2n) is 4.91. The lowest BCUT2D eigenvalue weighted by molar-refractivity contribution is 0.449. The van der Waals surface area contributed by atoms with Gasteiger partial charge in [0.1, 0.15) is 5.75 Å². The van der Waals surface area contributed by atoms with Gasteiger partial charge in [0.05, 0.1) is 5.69 Å². The van der Waals surface area contributed by atoms with Crippen molar-refractivity contribution in [2.75, 3.05) is 0 Å². The number of aromatic nitrogens is 2. The van der Waals surface area contributed by atoms with E-state index in [4.69, 9.17) is 4.74 Å². The van der Waals surface area contributed by atoms with E-state index in [0.29, 0.717) is 18.5 Å². The molecular weight excluding hydrogens is 318 g/mol. The molecule has 4 nitrogen and oxygen atoms in total. The molecule has 0 radical (unpaired) electrons. The van der Waals surface area contributed by atoms with Gasteiger partial charge in [-0.05, 0) is 36.8 Å². The largest absolute Gasteiger partial charge is 0.437 e. The van der Waals surface area contributed by atoms with Crippen molar-refractivity contribution >= 4 is 15.9 Å². The molecule has 0 saturated heterocycles. The Morgan fingerprint density at radius 1 is 1.20 bits per heavy atom. The fourth-order valence-electron chi connectivity index (χ4n) is 1.65. The van der Waals surface area contributed by atoms with Crippen molar-refractivity contribution in [1.29, 1.82) is 0 Å². The van der Waals surface area contributed by atoms with Crippen molar-refractivity contribution in [1.82, 2.24) is 15.5 Å². The molecule has 0 spiro atoms. The van der Waals surface area contributed by atoms with Crippen LogP contribution in [0.1, 0.15) is 25.1 Å². The van der Waals surface area contributed by atoms with Gasteiger partial charge in [0.15, 0.2) is 0 Å². The lowest BCUT2D eigenvalue weighted by atomic mass is 10.2. The smallest absolute Gasteiger partial charge is 0.238 e. The van der Waals surface area contributed by atoms with Crippen LogP contribution in [-0.2, 0) is 6.54 Å². The van der Waals surface area contributed by atoms with Crippen molar-refractivity contribution < 1.29 is 4.74 Å². The molecule has 5 heteroatoms. The van der Waals surface area contributed by atoms with Crippen LogP contribution in [0.15, 0.2) is 34.8 Å². The summed E-state index contributed by atoms with van der Waals surface area (Å²) in [5, 5.41) is 11.5. The number of aryl methyl sites for hydroxylation is 1. The SMILES string of the molecule is Cc1cc(Br)ccc1Oc1ccc(CNC(C)C)nn1. The van der Waals surface area contributed by atoms with Crippen molar-refractivity contribution in [2.24, 2.45) is 0 Å². The molecule has 0 aliphatic rings. The van der Waals surface area contributed by atoms with E-state index in [1.165, 1.54) is 0 Å². The molecule has 0 amide bonds.